The van der Waals surface area contributed by atoms with E-state index in [-0.39, 0.29) is 23.8 Å². The Hall–Kier alpha value is -2.82. The molecule has 3 N–H and O–H groups in total. The number of hydrogen-bond donors (Lipinski definition) is 3. The predicted molar refractivity (Wildman–Crippen MR) is 108 cm³/mol. The number of ether oxygens (including phenoxy) is 1. The van der Waals surface area contributed by atoms with Crippen molar-refractivity contribution >= 4 is 12.1 Å². The average Bonchev–Trinajstić information content (AvgIpc) is 2.63. The van der Waals surface area contributed by atoms with E-state index in [2.05, 4.69) is 12.2 Å². The van der Waals surface area contributed by atoms with Crippen LogP contribution in [0.25, 0.3) is 0 Å². The maximum Gasteiger partial charge on any atom is 0.251 e. The van der Waals surface area contributed by atoms with Crippen molar-refractivity contribution in [3.63, 3.8) is 0 Å². The lowest BCUT2D eigenvalue weighted by molar-refractivity contribution is 0.0934. The lowest BCUT2D eigenvalue weighted by Crippen LogP contribution is -2.36. The summed E-state index contributed by atoms with van der Waals surface area (Å²) in [4.78, 5) is 12.7. The molecule has 0 spiro atoms. The third-order valence-electron chi connectivity index (χ3n) is 4.18. The third kappa shape index (κ3) is 6.13. The largest absolute Gasteiger partial charge is 0.508 e. The van der Waals surface area contributed by atoms with E-state index in [0.29, 0.717) is 23.3 Å². The Morgan fingerprint density at radius 2 is 1.93 bits per heavy atom. The van der Waals surface area contributed by atoms with Gasteiger partial charge in [0.25, 0.3) is 5.91 Å². The fourth-order valence-corrected chi connectivity index (χ4v) is 2.92. The van der Waals surface area contributed by atoms with Crippen LogP contribution in [0.15, 0.2) is 42.5 Å². The first-order valence-electron chi connectivity index (χ1n) is 9.32. The van der Waals surface area contributed by atoms with Gasteiger partial charge in [-0.3, -0.25) is 4.79 Å². The van der Waals surface area contributed by atoms with Gasteiger partial charge in [0.2, 0.25) is 0 Å². The maximum absolute atomic E-state index is 12.7. The molecule has 0 aliphatic rings. The highest BCUT2D eigenvalue weighted by Crippen LogP contribution is 2.20. The number of phenols is 1. The Balaban J connectivity index is 2.12. The lowest BCUT2D eigenvalue weighted by atomic mass is 10.0. The van der Waals surface area contributed by atoms with Crippen molar-refractivity contribution in [3.05, 3.63) is 59.2 Å². The van der Waals surface area contributed by atoms with Crippen LogP contribution in [0.2, 0.25) is 0 Å². The van der Waals surface area contributed by atoms with E-state index in [1.54, 1.807) is 30.3 Å². The van der Waals surface area contributed by atoms with Crippen LogP contribution >= 0.6 is 0 Å². The first-order valence-corrected chi connectivity index (χ1v) is 9.32. The fraction of sp³-hybridized carbons (Fsp3) is 0.364. The van der Waals surface area contributed by atoms with Crippen molar-refractivity contribution in [2.45, 2.75) is 52.2 Å². The van der Waals surface area contributed by atoms with Gasteiger partial charge in [0.1, 0.15) is 11.5 Å². The van der Waals surface area contributed by atoms with E-state index in [4.69, 9.17) is 10.1 Å². The second kappa shape index (κ2) is 9.76. The monoisotopic (exact) mass is 368 g/mol. The summed E-state index contributed by atoms with van der Waals surface area (Å²) in [7, 11) is 0. The molecule has 5 heteroatoms. The lowest BCUT2D eigenvalue weighted by Gasteiger charge is -2.19. The van der Waals surface area contributed by atoms with Crippen molar-refractivity contribution in [2.75, 3.05) is 0 Å². The molecule has 0 aromatic heterocycles. The number of benzene rings is 2. The zero-order valence-electron chi connectivity index (χ0n) is 16.2. The molecule has 0 radical (unpaired) electrons. The zero-order valence-corrected chi connectivity index (χ0v) is 16.2. The number of aromatic hydroxyl groups is 1. The van der Waals surface area contributed by atoms with Gasteiger partial charge in [-0.25, -0.2) is 0 Å². The molecule has 1 amide bonds. The second-order valence-electron chi connectivity index (χ2n) is 6.89. The average molecular weight is 368 g/mol. The van der Waals surface area contributed by atoms with Gasteiger partial charge in [0.05, 0.1) is 6.10 Å². The van der Waals surface area contributed by atoms with E-state index in [1.165, 1.54) is 6.21 Å². The molecule has 5 nitrogen and oxygen atoms in total. The molecule has 0 saturated carbocycles. The number of carbonyl (C=O) groups excluding carboxylic acids is 1. The highest BCUT2D eigenvalue weighted by atomic mass is 16.5. The van der Waals surface area contributed by atoms with Gasteiger partial charge in [-0.15, -0.1) is 0 Å². The molecular weight excluding hydrogens is 340 g/mol. The maximum atomic E-state index is 12.7. The molecule has 2 rings (SSSR count). The minimum Gasteiger partial charge on any atom is -0.508 e. The second-order valence-corrected chi connectivity index (χ2v) is 6.89. The van der Waals surface area contributed by atoms with Gasteiger partial charge in [0.15, 0.2) is 0 Å². The number of carbonyl (C=O) groups is 1. The fourth-order valence-electron chi connectivity index (χ4n) is 2.92. The van der Waals surface area contributed by atoms with E-state index in [9.17, 15) is 9.90 Å². The highest BCUT2D eigenvalue weighted by Gasteiger charge is 2.16. The van der Waals surface area contributed by atoms with E-state index in [0.717, 1.165) is 18.4 Å². The van der Waals surface area contributed by atoms with Gasteiger partial charge in [0, 0.05) is 23.4 Å². The van der Waals surface area contributed by atoms with Crippen LogP contribution in [0.3, 0.4) is 0 Å². The smallest absolute Gasteiger partial charge is 0.251 e. The molecule has 27 heavy (non-hydrogen) atoms. The minimum atomic E-state index is -0.161. The van der Waals surface area contributed by atoms with E-state index < -0.39 is 0 Å². The summed E-state index contributed by atoms with van der Waals surface area (Å²) in [5.74, 6) is 0.676. The van der Waals surface area contributed by atoms with Gasteiger partial charge in [-0.05, 0) is 62.6 Å². The van der Waals surface area contributed by atoms with E-state index in [1.807, 2.05) is 26.0 Å². The normalized spacial score (nSPS) is 11.9. The van der Waals surface area contributed by atoms with Crippen molar-refractivity contribution in [1.82, 2.24) is 5.32 Å². The van der Waals surface area contributed by atoms with Crippen LogP contribution in [0.1, 0.15) is 55.1 Å². The van der Waals surface area contributed by atoms with Crippen molar-refractivity contribution in [2.24, 2.45) is 0 Å². The highest BCUT2D eigenvalue weighted by molar-refractivity contribution is 5.97. The van der Waals surface area contributed by atoms with Crippen LogP contribution in [0.5, 0.6) is 11.5 Å². The first kappa shape index (κ1) is 20.5. The molecule has 1 atom stereocenters. The van der Waals surface area contributed by atoms with Crippen molar-refractivity contribution in [1.29, 1.82) is 5.41 Å². The Labute approximate surface area is 160 Å². The first-order chi connectivity index (χ1) is 12.9. The molecule has 0 saturated heterocycles. The topological polar surface area (TPSA) is 82.4 Å². The Bertz CT molecular complexity index is 770. The van der Waals surface area contributed by atoms with Crippen molar-refractivity contribution in [3.8, 4) is 11.5 Å². The summed E-state index contributed by atoms with van der Waals surface area (Å²) in [6.07, 6.45) is 3.72. The molecular formula is C22H28N2O3. The number of hydrogen-bond acceptors (Lipinski definition) is 4. The van der Waals surface area contributed by atoms with Gasteiger partial charge >= 0.3 is 0 Å². The summed E-state index contributed by atoms with van der Waals surface area (Å²) in [6.45, 7) is 5.93. The molecule has 2 aromatic rings. The Morgan fingerprint density at radius 3 is 2.52 bits per heavy atom. The number of rotatable bonds is 9. The molecule has 0 heterocycles. The number of amides is 1. The molecule has 0 aliphatic carbocycles. The van der Waals surface area contributed by atoms with Gasteiger partial charge < -0.3 is 20.6 Å². The Kier molecular flexibility index (Phi) is 7.41. The van der Waals surface area contributed by atoms with Crippen LogP contribution in [-0.4, -0.2) is 29.4 Å². The molecule has 2 aromatic carbocycles. The van der Waals surface area contributed by atoms with Gasteiger partial charge in [-0.2, -0.15) is 0 Å². The standard InChI is InChI=1S/C22H28N2O3/c1-4-5-19(12-16-6-9-20(25)10-7-16)24-22(26)17-8-11-21(27-15(2)3)18(13-17)14-23/h6-11,13-15,19,23,25H,4-5,12H2,1-3H3,(H,24,26)/t19-/m1/s1. The zero-order chi connectivity index (χ0) is 19.8. The summed E-state index contributed by atoms with van der Waals surface area (Å²) >= 11 is 0. The van der Waals surface area contributed by atoms with E-state index >= 15 is 0 Å². The molecule has 0 fully saturated rings. The van der Waals surface area contributed by atoms with Crippen molar-refractivity contribution < 1.29 is 14.6 Å². The number of nitrogens with one attached hydrogen (secondary N) is 2. The van der Waals surface area contributed by atoms with Crippen LogP contribution in [0.4, 0.5) is 0 Å². The predicted octanol–water partition coefficient (Wildman–Crippen LogP) is 4.32. The SMILES string of the molecule is CCC[C@H](Cc1ccc(O)cc1)NC(=O)c1ccc(OC(C)C)c(C=N)c1. The van der Waals surface area contributed by atoms with Crippen LogP contribution < -0.4 is 10.1 Å². The molecule has 0 aliphatic heterocycles. The molecule has 144 valence electrons. The summed E-state index contributed by atoms with van der Waals surface area (Å²) in [6, 6.07) is 12.2. The summed E-state index contributed by atoms with van der Waals surface area (Å²) in [5, 5.41) is 20.1. The van der Waals surface area contributed by atoms with Crippen LogP contribution in [-0.2, 0) is 6.42 Å². The Morgan fingerprint density at radius 1 is 1.22 bits per heavy atom. The molecule has 0 unspecified atom stereocenters. The third-order valence-corrected chi connectivity index (χ3v) is 4.18. The minimum absolute atomic E-state index is 0.00191. The molecule has 0 bridgehead atoms. The summed E-state index contributed by atoms with van der Waals surface area (Å²) in [5.41, 5.74) is 2.16. The van der Waals surface area contributed by atoms with Gasteiger partial charge in [-0.1, -0.05) is 25.5 Å². The van der Waals surface area contributed by atoms with Crippen LogP contribution in [0, 0.1) is 5.41 Å². The quantitative estimate of drug-likeness (QED) is 0.577. The summed E-state index contributed by atoms with van der Waals surface area (Å²) < 4.78 is 5.68. The number of phenolic OH excluding ortho intramolecular Hbond substituents is 1.